The van der Waals surface area contributed by atoms with E-state index in [1.54, 1.807) is 12.1 Å². The molecule has 0 unspecified atom stereocenters. The van der Waals surface area contributed by atoms with Gasteiger partial charge in [-0.25, -0.2) is 4.98 Å². The van der Waals surface area contributed by atoms with Gasteiger partial charge in [0.15, 0.2) is 0 Å². The number of pyridine rings is 1. The molecule has 0 saturated carbocycles. The number of carbonyl (C=O) groups excluding carboxylic acids is 2. The van der Waals surface area contributed by atoms with Crippen LogP contribution in [0.5, 0.6) is 0 Å². The van der Waals surface area contributed by atoms with E-state index in [0.717, 1.165) is 16.5 Å². The van der Waals surface area contributed by atoms with Gasteiger partial charge in [-0.2, -0.15) is 0 Å². The molecular weight excluding hydrogens is 364 g/mol. The van der Waals surface area contributed by atoms with Gasteiger partial charge >= 0.3 is 5.97 Å². The molecule has 0 aliphatic carbocycles. The van der Waals surface area contributed by atoms with Crippen LogP contribution >= 0.6 is 11.6 Å². The summed E-state index contributed by atoms with van der Waals surface area (Å²) < 4.78 is 4.60. The van der Waals surface area contributed by atoms with Crippen molar-refractivity contribution < 1.29 is 14.3 Å². The normalized spacial score (nSPS) is 10.6. The minimum Gasteiger partial charge on any atom is -0.469 e. The van der Waals surface area contributed by atoms with Crippen LogP contribution in [0, 0.1) is 0 Å². The molecule has 0 aliphatic heterocycles. The van der Waals surface area contributed by atoms with Gasteiger partial charge in [-0.3, -0.25) is 9.59 Å². The second-order valence-electron chi connectivity index (χ2n) is 5.99. The van der Waals surface area contributed by atoms with Gasteiger partial charge in [-0.05, 0) is 24.6 Å². The minimum atomic E-state index is -0.292. The molecule has 3 rings (SSSR count). The van der Waals surface area contributed by atoms with E-state index >= 15 is 0 Å². The molecule has 1 aromatic heterocycles. The van der Waals surface area contributed by atoms with Gasteiger partial charge in [-0.15, -0.1) is 0 Å². The smallest absolute Gasteiger partial charge is 0.305 e. The predicted octanol–water partition coefficient (Wildman–Crippen LogP) is 4.24. The Morgan fingerprint density at radius 2 is 1.85 bits per heavy atom. The topological polar surface area (TPSA) is 68.3 Å². The lowest BCUT2D eigenvalue weighted by molar-refractivity contribution is -0.140. The van der Waals surface area contributed by atoms with Crippen molar-refractivity contribution in [3.05, 3.63) is 65.2 Å². The number of nitrogens with one attached hydrogen (secondary N) is 1. The van der Waals surface area contributed by atoms with Crippen LogP contribution in [0.25, 0.3) is 22.2 Å². The minimum absolute atomic E-state index is 0.216. The number of ether oxygens (including phenoxy) is 1. The maximum atomic E-state index is 12.8. The van der Waals surface area contributed by atoms with Crippen LogP contribution in [0.3, 0.4) is 0 Å². The summed E-state index contributed by atoms with van der Waals surface area (Å²) in [4.78, 5) is 28.6. The number of nitrogens with zero attached hydrogens (tertiary/aromatic N) is 1. The van der Waals surface area contributed by atoms with Crippen molar-refractivity contribution in [2.75, 3.05) is 13.7 Å². The number of benzene rings is 2. The highest BCUT2D eigenvalue weighted by Gasteiger charge is 2.15. The van der Waals surface area contributed by atoms with Gasteiger partial charge in [0.25, 0.3) is 5.91 Å². The zero-order valence-electron chi connectivity index (χ0n) is 14.9. The van der Waals surface area contributed by atoms with Gasteiger partial charge in [0, 0.05) is 28.9 Å². The molecule has 0 aliphatic rings. The maximum absolute atomic E-state index is 12.8. The summed E-state index contributed by atoms with van der Waals surface area (Å²) in [6, 6.07) is 16.6. The van der Waals surface area contributed by atoms with Crippen molar-refractivity contribution in [1.29, 1.82) is 0 Å². The standard InChI is InChI=1S/C21H19ClN2O3/c1-27-20(25)11-6-12-23-21(26)16-13-19(15-8-2-4-9-17(15)22)24-18-10-5-3-7-14(16)18/h2-5,7-10,13H,6,11-12H2,1H3,(H,23,26). The highest BCUT2D eigenvalue weighted by molar-refractivity contribution is 6.33. The summed E-state index contributed by atoms with van der Waals surface area (Å²) in [5.41, 5.74) is 2.65. The zero-order chi connectivity index (χ0) is 19.2. The first-order valence-corrected chi connectivity index (χ1v) is 8.97. The third-order valence-electron chi connectivity index (χ3n) is 4.18. The number of hydrogen-bond acceptors (Lipinski definition) is 4. The van der Waals surface area contributed by atoms with Crippen molar-refractivity contribution >= 4 is 34.4 Å². The molecular formula is C21H19ClN2O3. The van der Waals surface area contributed by atoms with Crippen LogP contribution in [-0.2, 0) is 9.53 Å². The molecule has 2 aromatic carbocycles. The van der Waals surface area contributed by atoms with Crippen LogP contribution < -0.4 is 5.32 Å². The van der Waals surface area contributed by atoms with Crippen molar-refractivity contribution in [2.24, 2.45) is 0 Å². The number of aromatic nitrogens is 1. The molecule has 1 amide bonds. The summed E-state index contributed by atoms with van der Waals surface area (Å²) in [5.74, 6) is -0.508. The van der Waals surface area contributed by atoms with Gasteiger partial charge in [-0.1, -0.05) is 48.0 Å². The van der Waals surface area contributed by atoms with Crippen molar-refractivity contribution in [1.82, 2.24) is 10.3 Å². The molecule has 0 atom stereocenters. The molecule has 0 fully saturated rings. The molecule has 1 heterocycles. The molecule has 5 nitrogen and oxygen atoms in total. The number of rotatable bonds is 6. The Labute approximate surface area is 162 Å². The molecule has 6 heteroatoms. The highest BCUT2D eigenvalue weighted by Crippen LogP contribution is 2.29. The molecule has 0 saturated heterocycles. The zero-order valence-corrected chi connectivity index (χ0v) is 15.6. The number of carbonyl (C=O) groups is 2. The number of halogens is 1. The van der Waals surface area contributed by atoms with Crippen molar-refractivity contribution in [2.45, 2.75) is 12.8 Å². The summed E-state index contributed by atoms with van der Waals surface area (Å²) in [7, 11) is 1.35. The third kappa shape index (κ3) is 4.44. The van der Waals surface area contributed by atoms with E-state index in [2.05, 4.69) is 15.0 Å². The number of para-hydroxylation sites is 1. The summed E-state index contributed by atoms with van der Waals surface area (Å²) in [6.45, 7) is 0.381. The quantitative estimate of drug-likeness (QED) is 0.511. The lowest BCUT2D eigenvalue weighted by Crippen LogP contribution is -2.25. The summed E-state index contributed by atoms with van der Waals surface area (Å²) in [5, 5.41) is 4.19. The van der Waals surface area contributed by atoms with E-state index < -0.39 is 0 Å². The Balaban J connectivity index is 1.90. The molecule has 0 spiro atoms. The fraction of sp³-hybridized carbons (Fsp3) is 0.190. The van der Waals surface area contributed by atoms with Crippen LogP contribution in [0.4, 0.5) is 0 Å². The van der Waals surface area contributed by atoms with Crippen LogP contribution in [0.15, 0.2) is 54.6 Å². The third-order valence-corrected chi connectivity index (χ3v) is 4.51. The maximum Gasteiger partial charge on any atom is 0.305 e. The number of esters is 1. The van der Waals surface area contributed by atoms with Crippen molar-refractivity contribution in [3.63, 3.8) is 0 Å². The average molecular weight is 383 g/mol. The Kier molecular flexibility index (Phi) is 6.04. The second-order valence-corrected chi connectivity index (χ2v) is 6.39. The van der Waals surface area contributed by atoms with Crippen LogP contribution in [0.1, 0.15) is 23.2 Å². The summed E-state index contributed by atoms with van der Waals surface area (Å²) >= 11 is 6.30. The number of methoxy groups -OCH3 is 1. The Bertz CT molecular complexity index is 988. The second kappa shape index (κ2) is 8.64. The van der Waals surface area contributed by atoms with E-state index in [4.69, 9.17) is 11.6 Å². The van der Waals surface area contributed by atoms with Crippen molar-refractivity contribution in [3.8, 4) is 11.3 Å². The lowest BCUT2D eigenvalue weighted by atomic mass is 10.0. The summed E-state index contributed by atoms with van der Waals surface area (Å²) in [6.07, 6.45) is 0.775. The van der Waals surface area contributed by atoms with Gasteiger partial charge < -0.3 is 10.1 Å². The van der Waals surface area contributed by atoms with E-state index in [1.165, 1.54) is 7.11 Å². The van der Waals surface area contributed by atoms with Gasteiger partial charge in [0.2, 0.25) is 0 Å². The van der Waals surface area contributed by atoms with E-state index in [1.807, 2.05) is 42.5 Å². The van der Waals surface area contributed by atoms with E-state index in [9.17, 15) is 9.59 Å². The van der Waals surface area contributed by atoms with Gasteiger partial charge in [0.1, 0.15) is 0 Å². The predicted molar refractivity (Wildman–Crippen MR) is 106 cm³/mol. The molecule has 0 radical (unpaired) electrons. The Morgan fingerprint density at radius 3 is 2.63 bits per heavy atom. The Hall–Kier alpha value is -2.92. The Morgan fingerprint density at radius 1 is 1.11 bits per heavy atom. The first-order valence-electron chi connectivity index (χ1n) is 8.60. The molecule has 1 N–H and O–H groups in total. The first kappa shape index (κ1) is 18.9. The number of fused-ring (bicyclic) bond motifs is 1. The fourth-order valence-corrected chi connectivity index (χ4v) is 3.03. The fourth-order valence-electron chi connectivity index (χ4n) is 2.80. The van der Waals surface area contributed by atoms with E-state index in [-0.39, 0.29) is 18.3 Å². The van der Waals surface area contributed by atoms with E-state index in [0.29, 0.717) is 29.2 Å². The SMILES string of the molecule is COC(=O)CCCNC(=O)c1cc(-c2ccccc2Cl)nc2ccccc12. The molecule has 27 heavy (non-hydrogen) atoms. The average Bonchev–Trinajstić information content (AvgIpc) is 2.70. The number of hydrogen-bond donors (Lipinski definition) is 1. The number of amides is 1. The van der Waals surface area contributed by atoms with Gasteiger partial charge in [0.05, 0.1) is 23.9 Å². The largest absolute Gasteiger partial charge is 0.469 e. The lowest BCUT2D eigenvalue weighted by Gasteiger charge is -2.11. The molecule has 3 aromatic rings. The molecule has 138 valence electrons. The first-order chi connectivity index (χ1) is 13.1. The monoisotopic (exact) mass is 382 g/mol. The molecule has 0 bridgehead atoms. The highest BCUT2D eigenvalue weighted by atomic mass is 35.5. The van der Waals surface area contributed by atoms with Crippen LogP contribution in [-0.4, -0.2) is 30.5 Å². The van der Waals surface area contributed by atoms with Crippen LogP contribution in [0.2, 0.25) is 5.02 Å².